The molecule has 4 aromatic rings. The maximum absolute atomic E-state index is 13.1. The molecule has 6 nitrogen and oxygen atoms in total. The third-order valence-corrected chi connectivity index (χ3v) is 7.46. The molecule has 3 aromatic carbocycles. The number of carbonyl (C=O) groups is 3. The van der Waals surface area contributed by atoms with Crippen molar-refractivity contribution in [3.63, 3.8) is 0 Å². The predicted molar refractivity (Wildman–Crippen MR) is 143 cm³/mol. The van der Waals surface area contributed by atoms with Crippen molar-refractivity contribution in [3.8, 4) is 5.69 Å². The molecule has 1 aliphatic heterocycles. The van der Waals surface area contributed by atoms with Crippen LogP contribution in [0.4, 0.5) is 4.79 Å². The number of amides is 2. The van der Waals surface area contributed by atoms with Gasteiger partial charge >= 0.3 is 5.97 Å². The summed E-state index contributed by atoms with van der Waals surface area (Å²) in [5.41, 5.74) is 3.98. The van der Waals surface area contributed by atoms with Gasteiger partial charge in [0.2, 0.25) is 0 Å². The maximum atomic E-state index is 13.1. The van der Waals surface area contributed by atoms with Gasteiger partial charge in [-0.05, 0) is 83.9 Å². The Morgan fingerprint density at radius 1 is 1.00 bits per heavy atom. The first-order valence-corrected chi connectivity index (χ1v) is 12.4. The molecule has 1 aliphatic rings. The molecule has 1 saturated heterocycles. The summed E-state index contributed by atoms with van der Waals surface area (Å²) in [6.45, 7) is 3.98. The summed E-state index contributed by atoms with van der Waals surface area (Å²) >= 11 is 6.95. The Bertz CT molecular complexity index is 1600. The van der Waals surface area contributed by atoms with Gasteiger partial charge in [-0.1, -0.05) is 48.0 Å². The molecule has 5 rings (SSSR count). The molecule has 0 spiro atoms. The molecule has 0 unspecified atom stereocenters. The van der Waals surface area contributed by atoms with Crippen molar-refractivity contribution in [1.82, 2.24) is 9.47 Å². The Morgan fingerprint density at radius 2 is 1.75 bits per heavy atom. The molecule has 1 aromatic heterocycles. The second-order valence-electron chi connectivity index (χ2n) is 8.58. The van der Waals surface area contributed by atoms with E-state index in [-0.39, 0.29) is 28.3 Å². The second-order valence-corrected chi connectivity index (χ2v) is 9.98. The van der Waals surface area contributed by atoms with Crippen LogP contribution in [0.5, 0.6) is 0 Å². The summed E-state index contributed by atoms with van der Waals surface area (Å²) < 4.78 is 1.90. The van der Waals surface area contributed by atoms with Crippen LogP contribution in [0.1, 0.15) is 32.9 Å². The van der Waals surface area contributed by atoms with Crippen LogP contribution in [0, 0.1) is 13.8 Å². The minimum atomic E-state index is -1.11. The lowest BCUT2D eigenvalue weighted by Crippen LogP contribution is -2.27. The third kappa shape index (κ3) is 4.32. The van der Waals surface area contributed by atoms with E-state index < -0.39 is 5.97 Å². The molecule has 0 bridgehead atoms. The lowest BCUT2D eigenvalue weighted by atomic mass is 10.1. The van der Waals surface area contributed by atoms with Crippen LogP contribution in [0.25, 0.3) is 22.5 Å². The third-order valence-electron chi connectivity index (χ3n) is 6.22. The molecule has 2 heterocycles. The number of fused-ring (bicyclic) bond motifs is 1. The van der Waals surface area contributed by atoms with E-state index in [0.29, 0.717) is 10.6 Å². The molecule has 0 saturated carbocycles. The van der Waals surface area contributed by atoms with E-state index in [1.54, 1.807) is 18.2 Å². The smallest absolute Gasteiger partial charge is 0.337 e. The Morgan fingerprint density at radius 3 is 2.50 bits per heavy atom. The average molecular weight is 517 g/mol. The number of carboxylic acids is 1. The van der Waals surface area contributed by atoms with Gasteiger partial charge in [0.05, 0.1) is 22.0 Å². The molecule has 8 heteroatoms. The zero-order valence-corrected chi connectivity index (χ0v) is 21.1. The SMILES string of the molecule is Cc1cc(/C=C2\SC(=O)N(Cc3ccc4ccccc4c3)C2=O)c(C)n1-c1ccc(Cl)c(C(=O)O)c1. The Labute approximate surface area is 216 Å². The molecule has 2 amide bonds. The highest BCUT2D eigenvalue weighted by atomic mass is 35.5. The summed E-state index contributed by atoms with van der Waals surface area (Å²) in [4.78, 5) is 39.0. The molecular formula is C28H21ClN2O4S. The van der Waals surface area contributed by atoms with Gasteiger partial charge in [0, 0.05) is 17.1 Å². The number of carbonyl (C=O) groups excluding carboxylic acids is 2. The molecule has 1 N–H and O–H groups in total. The summed E-state index contributed by atoms with van der Waals surface area (Å²) in [6.07, 6.45) is 1.72. The highest BCUT2D eigenvalue weighted by Crippen LogP contribution is 2.35. The van der Waals surface area contributed by atoms with E-state index >= 15 is 0 Å². The van der Waals surface area contributed by atoms with Crippen molar-refractivity contribution in [3.05, 3.63) is 105 Å². The molecule has 1 fully saturated rings. The first-order chi connectivity index (χ1) is 17.2. The fourth-order valence-corrected chi connectivity index (χ4v) is 5.47. The Balaban J connectivity index is 1.43. The first kappa shape index (κ1) is 23.9. The van der Waals surface area contributed by atoms with E-state index in [1.807, 2.05) is 66.9 Å². The monoisotopic (exact) mass is 516 g/mol. The summed E-state index contributed by atoms with van der Waals surface area (Å²) in [7, 11) is 0. The van der Waals surface area contributed by atoms with Gasteiger partial charge in [-0.3, -0.25) is 14.5 Å². The van der Waals surface area contributed by atoms with Gasteiger partial charge in [-0.15, -0.1) is 0 Å². The number of carboxylic acid groups (broad SMARTS) is 1. The van der Waals surface area contributed by atoms with Gasteiger partial charge in [0.1, 0.15) is 0 Å². The van der Waals surface area contributed by atoms with Crippen LogP contribution in [-0.4, -0.2) is 31.7 Å². The number of benzene rings is 3. The van der Waals surface area contributed by atoms with Gasteiger partial charge in [-0.2, -0.15) is 0 Å². The highest BCUT2D eigenvalue weighted by molar-refractivity contribution is 8.18. The number of aryl methyl sites for hydroxylation is 1. The molecular weight excluding hydrogens is 496 g/mol. The van der Waals surface area contributed by atoms with Crippen LogP contribution in [0.2, 0.25) is 5.02 Å². The van der Waals surface area contributed by atoms with E-state index in [1.165, 1.54) is 11.0 Å². The van der Waals surface area contributed by atoms with Crippen molar-refractivity contribution < 1.29 is 19.5 Å². The number of rotatable bonds is 5. The van der Waals surface area contributed by atoms with Crippen LogP contribution in [0.3, 0.4) is 0 Å². The van der Waals surface area contributed by atoms with E-state index in [0.717, 1.165) is 45.0 Å². The summed E-state index contributed by atoms with van der Waals surface area (Å²) in [6, 6.07) is 20.6. The molecule has 36 heavy (non-hydrogen) atoms. The number of nitrogens with zero attached hydrogens (tertiary/aromatic N) is 2. The Hall–Kier alpha value is -3.81. The van der Waals surface area contributed by atoms with E-state index in [4.69, 9.17) is 11.6 Å². The topological polar surface area (TPSA) is 79.6 Å². The number of hydrogen-bond donors (Lipinski definition) is 1. The molecule has 180 valence electrons. The van der Waals surface area contributed by atoms with Crippen molar-refractivity contribution in [2.75, 3.05) is 0 Å². The zero-order valence-electron chi connectivity index (χ0n) is 19.5. The quantitative estimate of drug-likeness (QED) is 0.294. The van der Waals surface area contributed by atoms with Crippen LogP contribution >= 0.6 is 23.4 Å². The number of halogens is 1. The van der Waals surface area contributed by atoms with Gasteiger partial charge in [-0.25, -0.2) is 4.79 Å². The fraction of sp³-hybridized carbons (Fsp3) is 0.107. The summed E-state index contributed by atoms with van der Waals surface area (Å²) in [5.74, 6) is -1.44. The van der Waals surface area contributed by atoms with E-state index in [9.17, 15) is 19.5 Å². The van der Waals surface area contributed by atoms with Crippen molar-refractivity contribution in [1.29, 1.82) is 0 Å². The van der Waals surface area contributed by atoms with Gasteiger partial charge in [0.25, 0.3) is 11.1 Å². The van der Waals surface area contributed by atoms with Crippen molar-refractivity contribution >= 4 is 57.3 Å². The lowest BCUT2D eigenvalue weighted by molar-refractivity contribution is -0.123. The van der Waals surface area contributed by atoms with Crippen molar-refractivity contribution in [2.24, 2.45) is 0 Å². The Kier molecular flexibility index (Phi) is 6.20. The number of aromatic nitrogens is 1. The zero-order chi connectivity index (χ0) is 25.6. The summed E-state index contributed by atoms with van der Waals surface area (Å²) in [5, 5.41) is 11.4. The van der Waals surface area contributed by atoms with Crippen LogP contribution in [0.15, 0.2) is 71.6 Å². The van der Waals surface area contributed by atoms with Gasteiger partial charge < -0.3 is 9.67 Å². The van der Waals surface area contributed by atoms with E-state index in [2.05, 4.69) is 0 Å². The number of aromatic carboxylic acids is 1. The van der Waals surface area contributed by atoms with Crippen molar-refractivity contribution in [2.45, 2.75) is 20.4 Å². The number of thioether (sulfide) groups is 1. The largest absolute Gasteiger partial charge is 0.478 e. The highest BCUT2D eigenvalue weighted by Gasteiger charge is 2.35. The normalized spacial score (nSPS) is 14.9. The molecule has 0 atom stereocenters. The lowest BCUT2D eigenvalue weighted by Gasteiger charge is -2.13. The maximum Gasteiger partial charge on any atom is 0.337 e. The molecule has 0 aliphatic carbocycles. The van der Waals surface area contributed by atoms with Crippen LogP contribution < -0.4 is 0 Å². The number of hydrogen-bond acceptors (Lipinski definition) is 4. The second kappa shape index (κ2) is 9.33. The van der Waals surface area contributed by atoms with Gasteiger partial charge in [0.15, 0.2) is 0 Å². The first-order valence-electron chi connectivity index (χ1n) is 11.2. The fourth-order valence-electron chi connectivity index (χ4n) is 4.44. The number of imide groups is 1. The minimum absolute atomic E-state index is 0.0121. The predicted octanol–water partition coefficient (Wildman–Crippen LogP) is 6.84. The minimum Gasteiger partial charge on any atom is -0.478 e. The standard InChI is InChI=1S/C28H21ClN2O4S/c1-16-11-21(17(2)31(16)22-9-10-24(29)23(14-22)27(33)34)13-25-26(32)30(28(35)36-25)15-18-7-8-19-5-3-4-6-20(19)12-18/h3-14H,15H2,1-2H3,(H,33,34)/b25-13-. The average Bonchev–Trinajstić information content (AvgIpc) is 3.28. The van der Waals surface area contributed by atoms with Crippen LogP contribution in [-0.2, 0) is 11.3 Å². The molecule has 0 radical (unpaired) electrons.